The lowest BCUT2D eigenvalue weighted by Gasteiger charge is -2.09. The van der Waals surface area contributed by atoms with E-state index in [2.05, 4.69) is 15.1 Å². The Morgan fingerprint density at radius 3 is 2.54 bits per heavy atom. The van der Waals surface area contributed by atoms with Crippen molar-refractivity contribution in [3.05, 3.63) is 75.2 Å². The Hall–Kier alpha value is -2.66. The first-order valence-corrected chi connectivity index (χ1v) is 8.52. The molecule has 2 heterocycles. The number of hydrogen-bond acceptors (Lipinski definition) is 3. The average molecular weight is 337 g/mol. The molecule has 5 heteroatoms. The van der Waals surface area contributed by atoms with E-state index in [1.807, 2.05) is 69.3 Å². The van der Waals surface area contributed by atoms with Gasteiger partial charge < -0.3 is 4.57 Å². The molecule has 0 unspecified atom stereocenters. The smallest absolute Gasteiger partial charge is 0.273 e. The number of benzene rings is 1. The molecule has 0 saturated carbocycles. The van der Waals surface area contributed by atoms with Crippen molar-refractivity contribution in [3.63, 3.8) is 0 Å². The van der Waals surface area contributed by atoms with Crippen molar-refractivity contribution in [2.75, 3.05) is 0 Å². The van der Waals surface area contributed by atoms with Gasteiger partial charge in [0, 0.05) is 26.8 Å². The summed E-state index contributed by atoms with van der Waals surface area (Å²) in [4.78, 5) is 14.7. The Kier molecular flexibility index (Phi) is 4.62. The molecule has 0 fully saturated rings. The van der Waals surface area contributed by atoms with Gasteiger partial charge in [0.2, 0.25) is 0 Å². The molecule has 0 aliphatic rings. The molecule has 0 atom stereocenters. The number of carbonyl (C=O) groups excluding carboxylic acids is 1. The molecule has 0 spiro atoms. The Balaban J connectivity index is 1.80. The van der Waals surface area contributed by atoms with E-state index in [4.69, 9.17) is 0 Å². The van der Waals surface area contributed by atoms with Gasteiger partial charge in [0.05, 0.1) is 11.8 Å². The van der Waals surface area contributed by atoms with Gasteiger partial charge in [-0.2, -0.15) is 5.10 Å². The largest absolute Gasteiger partial charge is 0.318 e. The van der Waals surface area contributed by atoms with Gasteiger partial charge in [-0.25, -0.2) is 5.43 Å². The first-order valence-electron chi connectivity index (χ1n) is 7.70. The third kappa shape index (κ3) is 3.31. The van der Waals surface area contributed by atoms with Crippen LogP contribution < -0.4 is 5.43 Å². The Morgan fingerprint density at radius 2 is 1.88 bits per heavy atom. The fourth-order valence-electron chi connectivity index (χ4n) is 2.70. The summed E-state index contributed by atoms with van der Waals surface area (Å²) >= 11 is 1.64. The highest BCUT2D eigenvalue weighted by atomic mass is 32.1. The quantitative estimate of drug-likeness (QED) is 0.562. The first kappa shape index (κ1) is 16.2. The van der Waals surface area contributed by atoms with Crippen molar-refractivity contribution < 1.29 is 4.79 Å². The van der Waals surface area contributed by atoms with Crippen LogP contribution in [0.3, 0.4) is 0 Å². The minimum Gasteiger partial charge on any atom is -0.318 e. The number of hydrogen-bond donors (Lipinski definition) is 1. The average Bonchev–Trinajstić information content (AvgIpc) is 3.11. The minimum atomic E-state index is -0.199. The zero-order valence-corrected chi connectivity index (χ0v) is 14.7. The summed E-state index contributed by atoms with van der Waals surface area (Å²) in [7, 11) is 0. The predicted octanol–water partition coefficient (Wildman–Crippen LogP) is 4.23. The van der Waals surface area contributed by atoms with Crippen molar-refractivity contribution >= 4 is 23.5 Å². The van der Waals surface area contributed by atoms with E-state index in [1.165, 1.54) is 4.88 Å². The summed E-state index contributed by atoms with van der Waals surface area (Å²) < 4.78 is 2.07. The second-order valence-corrected chi connectivity index (χ2v) is 6.92. The Labute approximate surface area is 145 Å². The third-order valence-corrected chi connectivity index (χ3v) is 4.74. The van der Waals surface area contributed by atoms with E-state index in [1.54, 1.807) is 17.6 Å². The molecular weight excluding hydrogens is 318 g/mol. The fourth-order valence-corrected chi connectivity index (χ4v) is 3.45. The van der Waals surface area contributed by atoms with Crippen LogP contribution >= 0.6 is 11.3 Å². The number of aryl methyl sites for hydroxylation is 2. The van der Waals surface area contributed by atoms with Gasteiger partial charge in [-0.05, 0) is 51.1 Å². The normalized spacial score (nSPS) is 11.1. The minimum absolute atomic E-state index is 0.199. The summed E-state index contributed by atoms with van der Waals surface area (Å²) in [6.45, 7) is 5.98. The predicted molar refractivity (Wildman–Crippen MR) is 99.4 cm³/mol. The topological polar surface area (TPSA) is 46.4 Å². The molecular formula is C19H19N3OS. The maximum atomic E-state index is 12.4. The van der Waals surface area contributed by atoms with Crippen molar-refractivity contribution in [1.29, 1.82) is 0 Å². The standard InChI is InChI=1S/C19H19N3OS/c1-13-11-18(15(3)22(13)16-7-5-4-6-8-16)19(23)21-20-12-17-10-9-14(2)24-17/h4-12H,1-3H3,(H,21,23)/b20-12+. The number of amides is 1. The molecule has 1 N–H and O–H groups in total. The van der Waals surface area contributed by atoms with E-state index in [0.717, 1.165) is 22.0 Å². The summed E-state index contributed by atoms with van der Waals surface area (Å²) in [6.07, 6.45) is 1.67. The molecule has 2 aromatic heterocycles. The lowest BCUT2D eigenvalue weighted by molar-refractivity contribution is 0.0954. The molecule has 3 rings (SSSR count). The van der Waals surface area contributed by atoms with Crippen LogP contribution in [0.15, 0.2) is 53.6 Å². The van der Waals surface area contributed by atoms with E-state index in [0.29, 0.717) is 5.56 Å². The highest BCUT2D eigenvalue weighted by Gasteiger charge is 2.16. The third-order valence-electron chi connectivity index (χ3n) is 3.81. The van der Waals surface area contributed by atoms with Gasteiger partial charge >= 0.3 is 0 Å². The lowest BCUT2D eigenvalue weighted by atomic mass is 10.2. The number of nitrogens with one attached hydrogen (secondary N) is 1. The van der Waals surface area contributed by atoms with Crippen LogP contribution in [0.5, 0.6) is 0 Å². The maximum Gasteiger partial charge on any atom is 0.273 e. The number of nitrogens with zero attached hydrogens (tertiary/aromatic N) is 2. The fraction of sp³-hybridized carbons (Fsp3) is 0.158. The number of aromatic nitrogens is 1. The molecule has 0 aliphatic carbocycles. The lowest BCUT2D eigenvalue weighted by Crippen LogP contribution is -2.18. The van der Waals surface area contributed by atoms with Gasteiger partial charge in [-0.15, -0.1) is 11.3 Å². The number of para-hydroxylation sites is 1. The van der Waals surface area contributed by atoms with Crippen molar-refractivity contribution in [3.8, 4) is 5.69 Å². The van der Waals surface area contributed by atoms with Gasteiger partial charge in [0.15, 0.2) is 0 Å². The molecule has 0 saturated heterocycles. The molecule has 1 aromatic carbocycles. The van der Waals surface area contributed by atoms with Crippen LogP contribution in [0.1, 0.15) is 31.5 Å². The summed E-state index contributed by atoms with van der Waals surface area (Å²) in [6, 6.07) is 15.9. The van der Waals surface area contributed by atoms with Crippen LogP contribution in [0, 0.1) is 20.8 Å². The Morgan fingerprint density at radius 1 is 1.12 bits per heavy atom. The first-order chi connectivity index (χ1) is 11.6. The highest BCUT2D eigenvalue weighted by molar-refractivity contribution is 7.13. The number of carbonyl (C=O) groups is 1. The van der Waals surface area contributed by atoms with E-state index in [-0.39, 0.29) is 5.91 Å². The van der Waals surface area contributed by atoms with Crippen LogP contribution in [0.4, 0.5) is 0 Å². The molecule has 4 nitrogen and oxygen atoms in total. The van der Waals surface area contributed by atoms with E-state index >= 15 is 0 Å². The summed E-state index contributed by atoms with van der Waals surface area (Å²) in [5.41, 5.74) is 6.21. The van der Waals surface area contributed by atoms with Crippen LogP contribution in [-0.2, 0) is 0 Å². The molecule has 24 heavy (non-hydrogen) atoms. The summed E-state index contributed by atoms with van der Waals surface area (Å²) in [5, 5.41) is 4.06. The van der Waals surface area contributed by atoms with Gasteiger partial charge in [-0.3, -0.25) is 4.79 Å². The molecule has 3 aromatic rings. The van der Waals surface area contributed by atoms with Gasteiger partial charge in [0.25, 0.3) is 5.91 Å². The van der Waals surface area contributed by atoms with Crippen molar-refractivity contribution in [2.45, 2.75) is 20.8 Å². The van der Waals surface area contributed by atoms with Gasteiger partial charge in [0.1, 0.15) is 0 Å². The molecule has 1 amide bonds. The highest BCUT2D eigenvalue weighted by Crippen LogP contribution is 2.20. The zero-order chi connectivity index (χ0) is 17.1. The monoisotopic (exact) mass is 337 g/mol. The SMILES string of the molecule is Cc1ccc(/C=N/NC(=O)c2cc(C)n(-c3ccccc3)c2C)s1. The molecule has 122 valence electrons. The van der Waals surface area contributed by atoms with Crippen LogP contribution in [-0.4, -0.2) is 16.7 Å². The molecule has 0 radical (unpaired) electrons. The van der Waals surface area contributed by atoms with Crippen molar-refractivity contribution in [1.82, 2.24) is 9.99 Å². The number of thiophene rings is 1. The second-order valence-electron chi connectivity index (χ2n) is 5.60. The maximum absolute atomic E-state index is 12.4. The van der Waals surface area contributed by atoms with Crippen LogP contribution in [0.2, 0.25) is 0 Å². The molecule has 0 aliphatic heterocycles. The summed E-state index contributed by atoms with van der Waals surface area (Å²) in [5.74, 6) is -0.199. The zero-order valence-electron chi connectivity index (χ0n) is 13.9. The molecule has 0 bridgehead atoms. The number of hydrazone groups is 1. The second kappa shape index (κ2) is 6.84. The Bertz CT molecular complexity index is 891. The van der Waals surface area contributed by atoms with Gasteiger partial charge in [-0.1, -0.05) is 18.2 Å². The van der Waals surface area contributed by atoms with Crippen molar-refractivity contribution in [2.24, 2.45) is 5.10 Å². The van der Waals surface area contributed by atoms with E-state index in [9.17, 15) is 4.79 Å². The number of rotatable bonds is 4. The van der Waals surface area contributed by atoms with Crippen LogP contribution in [0.25, 0.3) is 5.69 Å². The van der Waals surface area contributed by atoms with E-state index < -0.39 is 0 Å².